The standard InChI is InChI=1S/C24H28N4/c1-19(22-10-6-3-7-11-22)26-23-12-15-25-24(27-23)28-16-13-21(14-17-28)18-20-8-4-2-5-9-20/h2-12,15,19,21H,13-14,16-18H2,1H3,(H,25,26,27). The fourth-order valence-electron chi connectivity index (χ4n) is 3.91. The zero-order valence-electron chi connectivity index (χ0n) is 16.5. The number of nitrogens with one attached hydrogen (secondary N) is 1. The molecule has 1 unspecified atom stereocenters. The minimum Gasteiger partial charge on any atom is -0.363 e. The minimum atomic E-state index is 0.209. The molecule has 2 aromatic carbocycles. The number of nitrogens with zero attached hydrogens (tertiary/aromatic N) is 3. The molecule has 2 heterocycles. The number of hydrogen-bond donors (Lipinski definition) is 1. The third-order valence-corrected chi connectivity index (χ3v) is 5.57. The van der Waals surface area contributed by atoms with E-state index in [-0.39, 0.29) is 6.04 Å². The molecule has 1 saturated heterocycles. The third-order valence-electron chi connectivity index (χ3n) is 5.57. The second-order valence-electron chi connectivity index (χ2n) is 7.64. The van der Waals surface area contributed by atoms with Crippen LogP contribution in [-0.4, -0.2) is 23.1 Å². The molecule has 144 valence electrons. The summed E-state index contributed by atoms with van der Waals surface area (Å²) in [6.45, 7) is 4.20. The molecule has 0 radical (unpaired) electrons. The van der Waals surface area contributed by atoms with Gasteiger partial charge in [-0.2, -0.15) is 4.98 Å². The van der Waals surface area contributed by atoms with E-state index in [1.807, 2.05) is 18.3 Å². The molecular weight excluding hydrogens is 344 g/mol. The molecule has 1 fully saturated rings. The van der Waals surface area contributed by atoms with Gasteiger partial charge in [0.05, 0.1) is 0 Å². The molecule has 0 aliphatic carbocycles. The summed E-state index contributed by atoms with van der Waals surface area (Å²) < 4.78 is 0. The van der Waals surface area contributed by atoms with Crippen molar-refractivity contribution in [1.29, 1.82) is 0 Å². The van der Waals surface area contributed by atoms with Crippen molar-refractivity contribution in [2.45, 2.75) is 32.2 Å². The molecule has 0 amide bonds. The Morgan fingerprint density at radius 1 is 0.964 bits per heavy atom. The molecule has 1 aliphatic heterocycles. The van der Waals surface area contributed by atoms with Crippen molar-refractivity contribution >= 4 is 11.8 Å². The van der Waals surface area contributed by atoms with Crippen LogP contribution in [0, 0.1) is 5.92 Å². The van der Waals surface area contributed by atoms with E-state index in [1.54, 1.807) is 0 Å². The molecule has 1 aromatic heterocycles. The van der Waals surface area contributed by atoms with Crippen molar-refractivity contribution in [1.82, 2.24) is 9.97 Å². The molecule has 0 spiro atoms. The van der Waals surface area contributed by atoms with Gasteiger partial charge < -0.3 is 10.2 Å². The molecule has 4 rings (SSSR count). The molecule has 4 heteroatoms. The van der Waals surface area contributed by atoms with Crippen LogP contribution in [0.2, 0.25) is 0 Å². The third kappa shape index (κ3) is 4.69. The maximum Gasteiger partial charge on any atom is 0.227 e. The number of aromatic nitrogens is 2. The molecule has 4 nitrogen and oxygen atoms in total. The number of anilines is 2. The molecule has 1 atom stereocenters. The van der Waals surface area contributed by atoms with E-state index < -0.39 is 0 Å². The average Bonchev–Trinajstić information content (AvgIpc) is 2.76. The Morgan fingerprint density at radius 3 is 2.36 bits per heavy atom. The number of piperidine rings is 1. The monoisotopic (exact) mass is 372 g/mol. The van der Waals surface area contributed by atoms with E-state index in [4.69, 9.17) is 4.98 Å². The van der Waals surface area contributed by atoms with Gasteiger partial charge in [0, 0.05) is 25.3 Å². The van der Waals surface area contributed by atoms with Crippen LogP contribution in [0.15, 0.2) is 72.9 Å². The fourth-order valence-corrected chi connectivity index (χ4v) is 3.91. The molecule has 1 N–H and O–H groups in total. The predicted molar refractivity (Wildman–Crippen MR) is 116 cm³/mol. The average molecular weight is 373 g/mol. The largest absolute Gasteiger partial charge is 0.363 e. The quantitative estimate of drug-likeness (QED) is 0.653. The highest BCUT2D eigenvalue weighted by molar-refractivity contribution is 5.43. The Balaban J connectivity index is 1.35. The normalized spacial score (nSPS) is 16.0. The predicted octanol–water partition coefficient (Wildman–Crippen LogP) is 5.11. The zero-order chi connectivity index (χ0) is 19.2. The Labute approximate surface area is 167 Å². The van der Waals surface area contributed by atoms with Crippen LogP contribution < -0.4 is 10.2 Å². The molecular formula is C24H28N4. The van der Waals surface area contributed by atoms with Crippen LogP contribution in [0.3, 0.4) is 0 Å². The summed E-state index contributed by atoms with van der Waals surface area (Å²) in [5, 5.41) is 3.50. The highest BCUT2D eigenvalue weighted by atomic mass is 15.3. The van der Waals surface area contributed by atoms with Crippen molar-refractivity contribution < 1.29 is 0 Å². The van der Waals surface area contributed by atoms with Gasteiger partial charge in [0.1, 0.15) is 5.82 Å². The first kappa shape index (κ1) is 18.5. The van der Waals surface area contributed by atoms with E-state index in [1.165, 1.54) is 30.4 Å². The van der Waals surface area contributed by atoms with Crippen LogP contribution >= 0.6 is 0 Å². The van der Waals surface area contributed by atoms with Crippen molar-refractivity contribution in [3.63, 3.8) is 0 Å². The lowest BCUT2D eigenvalue weighted by atomic mass is 9.90. The zero-order valence-corrected chi connectivity index (χ0v) is 16.5. The fraction of sp³-hybridized carbons (Fsp3) is 0.333. The smallest absolute Gasteiger partial charge is 0.227 e. The summed E-state index contributed by atoms with van der Waals surface area (Å²) in [4.78, 5) is 11.6. The van der Waals surface area contributed by atoms with E-state index in [9.17, 15) is 0 Å². The number of rotatable bonds is 6. The van der Waals surface area contributed by atoms with Gasteiger partial charge in [-0.1, -0.05) is 60.7 Å². The molecule has 3 aromatic rings. The van der Waals surface area contributed by atoms with Crippen LogP contribution in [0.4, 0.5) is 11.8 Å². The van der Waals surface area contributed by atoms with Gasteiger partial charge in [-0.15, -0.1) is 0 Å². The first-order chi connectivity index (χ1) is 13.8. The lowest BCUT2D eigenvalue weighted by molar-refractivity contribution is 0.400. The lowest BCUT2D eigenvalue weighted by Crippen LogP contribution is -2.35. The molecule has 0 saturated carbocycles. The van der Waals surface area contributed by atoms with Crippen molar-refractivity contribution in [3.05, 3.63) is 84.1 Å². The topological polar surface area (TPSA) is 41.1 Å². The minimum absolute atomic E-state index is 0.209. The van der Waals surface area contributed by atoms with Crippen molar-refractivity contribution in [2.75, 3.05) is 23.3 Å². The first-order valence-electron chi connectivity index (χ1n) is 10.2. The van der Waals surface area contributed by atoms with Crippen molar-refractivity contribution in [3.8, 4) is 0 Å². The Kier molecular flexibility index (Phi) is 5.86. The van der Waals surface area contributed by atoms with Crippen LogP contribution in [0.1, 0.15) is 36.9 Å². The summed E-state index contributed by atoms with van der Waals surface area (Å²) >= 11 is 0. The van der Waals surface area contributed by atoms with Crippen LogP contribution in [-0.2, 0) is 6.42 Å². The van der Waals surface area contributed by atoms with Crippen LogP contribution in [0.25, 0.3) is 0 Å². The summed E-state index contributed by atoms with van der Waals surface area (Å²) in [5.74, 6) is 2.47. The van der Waals surface area contributed by atoms with Gasteiger partial charge in [-0.3, -0.25) is 0 Å². The number of benzene rings is 2. The highest BCUT2D eigenvalue weighted by Crippen LogP contribution is 2.25. The Hall–Kier alpha value is -2.88. The maximum atomic E-state index is 4.77. The van der Waals surface area contributed by atoms with E-state index in [0.717, 1.165) is 30.8 Å². The molecule has 1 aliphatic rings. The Bertz CT molecular complexity index is 858. The van der Waals surface area contributed by atoms with Gasteiger partial charge in [0.15, 0.2) is 0 Å². The lowest BCUT2D eigenvalue weighted by Gasteiger charge is -2.32. The second-order valence-corrected chi connectivity index (χ2v) is 7.64. The highest BCUT2D eigenvalue weighted by Gasteiger charge is 2.21. The summed E-state index contributed by atoms with van der Waals surface area (Å²) in [6, 6.07) is 23.4. The van der Waals surface area contributed by atoms with Gasteiger partial charge in [0.2, 0.25) is 5.95 Å². The van der Waals surface area contributed by atoms with E-state index >= 15 is 0 Å². The second kappa shape index (κ2) is 8.87. The van der Waals surface area contributed by atoms with Crippen molar-refractivity contribution in [2.24, 2.45) is 5.92 Å². The van der Waals surface area contributed by atoms with Gasteiger partial charge in [-0.05, 0) is 49.3 Å². The van der Waals surface area contributed by atoms with E-state index in [0.29, 0.717) is 0 Å². The summed E-state index contributed by atoms with van der Waals surface area (Å²) in [5.41, 5.74) is 2.70. The summed E-state index contributed by atoms with van der Waals surface area (Å²) in [7, 11) is 0. The Morgan fingerprint density at radius 2 is 1.64 bits per heavy atom. The van der Waals surface area contributed by atoms with Gasteiger partial charge >= 0.3 is 0 Å². The maximum absolute atomic E-state index is 4.77. The molecule has 0 bridgehead atoms. The number of hydrogen-bond acceptors (Lipinski definition) is 4. The first-order valence-corrected chi connectivity index (χ1v) is 10.2. The summed E-state index contributed by atoms with van der Waals surface area (Å²) in [6.07, 6.45) is 5.41. The van der Waals surface area contributed by atoms with Gasteiger partial charge in [0.25, 0.3) is 0 Å². The van der Waals surface area contributed by atoms with E-state index in [2.05, 4.69) is 76.7 Å². The molecule has 28 heavy (non-hydrogen) atoms. The van der Waals surface area contributed by atoms with Crippen LogP contribution in [0.5, 0.6) is 0 Å². The SMILES string of the molecule is CC(Nc1ccnc(N2CCC(Cc3ccccc3)CC2)n1)c1ccccc1. The van der Waals surface area contributed by atoms with Gasteiger partial charge in [-0.25, -0.2) is 4.98 Å².